The number of hydrogen-bond acceptors (Lipinski definition) is 6. The first-order chi connectivity index (χ1) is 14.2. The van der Waals surface area contributed by atoms with Crippen LogP contribution in [0.15, 0.2) is 18.2 Å². The van der Waals surface area contributed by atoms with Gasteiger partial charge in [0.2, 0.25) is 11.9 Å². The highest BCUT2D eigenvalue weighted by Crippen LogP contribution is 2.35. The van der Waals surface area contributed by atoms with Crippen molar-refractivity contribution in [3.8, 4) is 0 Å². The minimum Gasteiger partial charge on any atom is -0.399 e. The monoisotopic (exact) mass is 420 g/mol. The van der Waals surface area contributed by atoms with Crippen LogP contribution in [-0.2, 0) is 23.8 Å². The molecule has 1 aromatic carbocycles. The Morgan fingerprint density at radius 2 is 2.03 bits per heavy atom. The number of carbonyl (C=O) groups is 1. The quantitative estimate of drug-likeness (QED) is 0.658. The number of anilines is 4. The molecule has 4 N–H and O–H groups in total. The summed E-state index contributed by atoms with van der Waals surface area (Å²) in [5.41, 5.74) is 7.01. The summed E-state index contributed by atoms with van der Waals surface area (Å²) in [6.07, 6.45) is -1.06. The molecule has 7 nitrogen and oxygen atoms in total. The van der Waals surface area contributed by atoms with Gasteiger partial charge in [-0.15, -0.1) is 0 Å². The fourth-order valence-electron chi connectivity index (χ4n) is 4.10. The van der Waals surface area contributed by atoms with Gasteiger partial charge < -0.3 is 21.3 Å². The van der Waals surface area contributed by atoms with Crippen LogP contribution in [0.3, 0.4) is 0 Å². The molecular weight excluding hydrogens is 397 g/mol. The van der Waals surface area contributed by atoms with Gasteiger partial charge in [0.15, 0.2) is 0 Å². The van der Waals surface area contributed by atoms with E-state index in [0.29, 0.717) is 6.54 Å². The first-order valence-corrected chi connectivity index (χ1v) is 9.85. The van der Waals surface area contributed by atoms with Crippen molar-refractivity contribution in [2.45, 2.75) is 44.8 Å². The number of halogens is 3. The van der Waals surface area contributed by atoms with Gasteiger partial charge in [-0.3, -0.25) is 4.79 Å². The lowest BCUT2D eigenvalue weighted by Crippen LogP contribution is -2.36. The number of nitrogens with zero attached hydrogens (tertiary/aromatic N) is 3. The fraction of sp³-hybridized carbons (Fsp3) is 0.450. The molecule has 1 saturated heterocycles. The molecule has 0 saturated carbocycles. The van der Waals surface area contributed by atoms with E-state index in [-0.39, 0.29) is 29.3 Å². The van der Waals surface area contributed by atoms with Crippen molar-refractivity contribution in [2.24, 2.45) is 0 Å². The van der Waals surface area contributed by atoms with E-state index in [1.807, 2.05) is 0 Å². The van der Waals surface area contributed by atoms with Gasteiger partial charge in [0, 0.05) is 43.0 Å². The van der Waals surface area contributed by atoms with E-state index in [0.717, 1.165) is 61.4 Å². The van der Waals surface area contributed by atoms with E-state index >= 15 is 0 Å². The Balaban J connectivity index is 1.63. The molecule has 1 amide bonds. The molecule has 10 heteroatoms. The number of alkyl halides is 3. The van der Waals surface area contributed by atoms with Gasteiger partial charge in [0.1, 0.15) is 5.82 Å². The zero-order valence-corrected chi connectivity index (χ0v) is 16.5. The largest absolute Gasteiger partial charge is 0.416 e. The molecule has 1 fully saturated rings. The van der Waals surface area contributed by atoms with E-state index < -0.39 is 11.7 Å². The summed E-state index contributed by atoms with van der Waals surface area (Å²) in [7, 11) is 0. The third kappa shape index (κ3) is 4.27. The van der Waals surface area contributed by atoms with Crippen molar-refractivity contribution in [1.29, 1.82) is 0 Å². The van der Waals surface area contributed by atoms with Crippen LogP contribution in [-0.4, -0.2) is 35.0 Å². The minimum atomic E-state index is -4.50. The standard InChI is InChI=1S/C20H23F3N6O/c1-11(30)25-14-5-6-29(10-14)18-16-3-2-4-17(16)27-19(28-18)26-15-8-12(20(21,22)23)7-13(24)9-15/h7-9,14H,2-6,10,24H2,1H3,(H,25,30)(H,26,27,28). The molecule has 2 aliphatic rings. The van der Waals surface area contributed by atoms with Gasteiger partial charge in [-0.2, -0.15) is 18.2 Å². The Labute approximate surface area is 171 Å². The zero-order valence-electron chi connectivity index (χ0n) is 16.5. The van der Waals surface area contributed by atoms with Crippen molar-refractivity contribution < 1.29 is 18.0 Å². The number of carbonyl (C=O) groups excluding carboxylic acids is 1. The average molecular weight is 420 g/mol. The number of aromatic nitrogens is 2. The van der Waals surface area contributed by atoms with Crippen LogP contribution in [0, 0.1) is 0 Å². The maximum Gasteiger partial charge on any atom is 0.416 e. The number of nitrogens with two attached hydrogens (primary N) is 1. The molecule has 0 bridgehead atoms. The van der Waals surface area contributed by atoms with Crippen LogP contribution in [0.25, 0.3) is 0 Å². The Morgan fingerprint density at radius 1 is 1.23 bits per heavy atom. The normalized spacial score (nSPS) is 18.4. The number of aryl methyl sites for hydroxylation is 1. The van der Waals surface area contributed by atoms with Gasteiger partial charge in [-0.05, 0) is 43.9 Å². The van der Waals surface area contributed by atoms with E-state index in [2.05, 4.69) is 25.5 Å². The Bertz CT molecular complexity index is 978. The van der Waals surface area contributed by atoms with Crippen molar-refractivity contribution in [3.63, 3.8) is 0 Å². The number of rotatable bonds is 4. The van der Waals surface area contributed by atoms with E-state index in [9.17, 15) is 18.0 Å². The van der Waals surface area contributed by atoms with Crippen molar-refractivity contribution in [2.75, 3.05) is 29.0 Å². The molecule has 2 aromatic rings. The lowest BCUT2D eigenvalue weighted by Gasteiger charge is -2.22. The smallest absolute Gasteiger partial charge is 0.399 e. The second-order valence-electron chi connectivity index (χ2n) is 7.75. The molecule has 30 heavy (non-hydrogen) atoms. The summed E-state index contributed by atoms with van der Waals surface area (Å²) in [6.45, 7) is 2.87. The van der Waals surface area contributed by atoms with Crippen molar-refractivity contribution >= 4 is 29.0 Å². The molecule has 1 aliphatic carbocycles. The molecule has 1 aliphatic heterocycles. The summed E-state index contributed by atoms with van der Waals surface area (Å²) in [4.78, 5) is 22.6. The highest BCUT2D eigenvalue weighted by molar-refractivity contribution is 5.73. The molecule has 1 atom stereocenters. The van der Waals surface area contributed by atoms with Gasteiger partial charge in [0.05, 0.1) is 11.3 Å². The summed E-state index contributed by atoms with van der Waals surface area (Å²) < 4.78 is 39.3. The number of hydrogen-bond donors (Lipinski definition) is 3. The lowest BCUT2D eigenvalue weighted by atomic mass is 10.1. The summed E-state index contributed by atoms with van der Waals surface area (Å²) >= 11 is 0. The van der Waals surface area contributed by atoms with E-state index in [1.54, 1.807) is 0 Å². The number of nitrogen functional groups attached to an aromatic ring is 1. The molecule has 2 heterocycles. The SMILES string of the molecule is CC(=O)NC1CCN(c2nc(Nc3cc(N)cc(C(F)(F)F)c3)nc3c2CCC3)C1. The minimum absolute atomic E-state index is 0.00593. The number of fused-ring (bicyclic) bond motifs is 1. The Hall–Kier alpha value is -3.04. The first-order valence-electron chi connectivity index (χ1n) is 9.85. The lowest BCUT2D eigenvalue weighted by molar-refractivity contribution is -0.137. The first kappa shape index (κ1) is 20.2. The van der Waals surface area contributed by atoms with E-state index in [4.69, 9.17) is 5.73 Å². The van der Waals surface area contributed by atoms with Crippen molar-refractivity contribution in [3.05, 3.63) is 35.0 Å². The predicted molar refractivity (Wildman–Crippen MR) is 108 cm³/mol. The second-order valence-corrected chi connectivity index (χ2v) is 7.75. The van der Waals surface area contributed by atoms with Crippen LogP contribution >= 0.6 is 0 Å². The summed E-state index contributed by atoms with van der Waals surface area (Å²) in [6, 6.07) is 3.37. The van der Waals surface area contributed by atoms with Crippen LogP contribution in [0.4, 0.5) is 36.3 Å². The van der Waals surface area contributed by atoms with Gasteiger partial charge >= 0.3 is 6.18 Å². The maximum absolute atomic E-state index is 13.1. The van der Waals surface area contributed by atoms with Gasteiger partial charge in [-0.25, -0.2) is 4.98 Å². The highest BCUT2D eigenvalue weighted by atomic mass is 19.4. The summed E-state index contributed by atoms with van der Waals surface area (Å²) in [5.74, 6) is 0.958. The zero-order chi connectivity index (χ0) is 21.5. The van der Waals surface area contributed by atoms with Crippen LogP contribution in [0.2, 0.25) is 0 Å². The Morgan fingerprint density at radius 3 is 2.77 bits per heavy atom. The van der Waals surface area contributed by atoms with Gasteiger partial charge in [-0.1, -0.05) is 0 Å². The Kier molecular flexibility index (Phi) is 5.17. The average Bonchev–Trinajstić information content (AvgIpc) is 3.28. The molecule has 1 aromatic heterocycles. The molecule has 4 rings (SSSR count). The van der Waals surface area contributed by atoms with Gasteiger partial charge in [0.25, 0.3) is 0 Å². The number of amides is 1. The fourth-order valence-corrected chi connectivity index (χ4v) is 4.10. The van der Waals surface area contributed by atoms with Crippen LogP contribution in [0.1, 0.15) is 36.6 Å². The van der Waals surface area contributed by atoms with Crippen molar-refractivity contribution in [1.82, 2.24) is 15.3 Å². The van der Waals surface area contributed by atoms with Crippen LogP contribution < -0.4 is 21.3 Å². The number of benzene rings is 1. The molecular formula is C20H23F3N6O. The topological polar surface area (TPSA) is 96.2 Å². The molecule has 0 radical (unpaired) electrons. The summed E-state index contributed by atoms with van der Waals surface area (Å²) in [5, 5.41) is 5.83. The third-order valence-corrected chi connectivity index (χ3v) is 5.35. The second kappa shape index (κ2) is 7.66. The number of nitrogens with one attached hydrogen (secondary N) is 2. The highest BCUT2D eigenvalue weighted by Gasteiger charge is 2.32. The molecule has 160 valence electrons. The maximum atomic E-state index is 13.1. The third-order valence-electron chi connectivity index (χ3n) is 5.35. The predicted octanol–water partition coefficient (Wildman–Crippen LogP) is 3.02. The molecule has 1 unspecified atom stereocenters. The molecule has 0 spiro atoms. The van der Waals surface area contributed by atoms with E-state index in [1.165, 1.54) is 13.0 Å². The van der Waals surface area contributed by atoms with Crippen LogP contribution in [0.5, 0.6) is 0 Å².